The summed E-state index contributed by atoms with van der Waals surface area (Å²) >= 11 is 0. The van der Waals surface area contributed by atoms with Crippen LogP contribution < -0.4 is 11.5 Å². The van der Waals surface area contributed by atoms with Crippen molar-refractivity contribution < 1.29 is 32.9 Å². The Labute approximate surface area is 223 Å². The van der Waals surface area contributed by atoms with Gasteiger partial charge in [0, 0.05) is 0 Å². The van der Waals surface area contributed by atoms with E-state index < -0.39 is 25.6 Å². The van der Waals surface area contributed by atoms with E-state index in [1.807, 2.05) is 6.92 Å². The molecule has 0 spiro atoms. The third-order valence-corrected chi connectivity index (χ3v) is 6.32. The van der Waals surface area contributed by atoms with Crippen LogP contribution in [0.5, 0.6) is 0 Å². The second-order valence-electron chi connectivity index (χ2n) is 10.0. The maximum atomic E-state index is 11.9. The van der Waals surface area contributed by atoms with Gasteiger partial charge in [0.05, 0.1) is 25.1 Å². The number of hydrogen-bond acceptors (Lipinski definition) is 12. The van der Waals surface area contributed by atoms with Gasteiger partial charge in [0.25, 0.3) is 6.35 Å². The highest BCUT2D eigenvalue weighted by atomic mass is 31.1. The van der Waals surface area contributed by atoms with E-state index in [0.717, 1.165) is 12.8 Å². The number of ether oxygens (including phenoxy) is 3. The van der Waals surface area contributed by atoms with Gasteiger partial charge in [-0.15, -0.1) is 4.52 Å². The molecule has 0 bridgehead atoms. The van der Waals surface area contributed by atoms with E-state index in [9.17, 15) is 14.2 Å². The molecule has 0 radical (unpaired) electrons. The largest absolute Gasteiger partial charge is 0.537 e. The summed E-state index contributed by atoms with van der Waals surface area (Å²) in [4.78, 5) is 35.1. The van der Waals surface area contributed by atoms with Gasteiger partial charge in [-0.05, 0) is 71.8 Å². The number of imidazole rings is 1. The molecule has 0 saturated heterocycles. The van der Waals surface area contributed by atoms with Crippen LogP contribution in [0.25, 0.3) is 11.2 Å². The Morgan fingerprint density at radius 1 is 1.16 bits per heavy atom. The fraction of sp³-hybridized carbons (Fsp3) is 0.708. The van der Waals surface area contributed by atoms with Gasteiger partial charge < -0.3 is 30.2 Å². The lowest BCUT2D eigenvalue weighted by molar-refractivity contribution is -0.155. The van der Waals surface area contributed by atoms with Crippen molar-refractivity contribution in [2.45, 2.75) is 104 Å². The van der Waals surface area contributed by atoms with Crippen molar-refractivity contribution in [1.82, 2.24) is 19.5 Å². The molecule has 1 aliphatic carbocycles. The molecule has 0 aliphatic heterocycles. The van der Waals surface area contributed by atoms with Crippen LogP contribution in [-0.4, -0.2) is 67.8 Å². The van der Waals surface area contributed by atoms with Crippen molar-refractivity contribution in [1.29, 1.82) is 0 Å². The molecule has 0 aromatic carbocycles. The van der Waals surface area contributed by atoms with E-state index in [1.165, 1.54) is 26.1 Å². The van der Waals surface area contributed by atoms with Gasteiger partial charge in [0.15, 0.2) is 11.5 Å². The second kappa shape index (κ2) is 14.4. The molecule has 3 unspecified atom stereocenters. The normalized spacial score (nSPS) is 16.1. The minimum Gasteiger partial charge on any atom is -0.461 e. The van der Waals surface area contributed by atoms with Gasteiger partial charge in [0.2, 0.25) is 6.10 Å². The maximum absolute atomic E-state index is 11.9. The Morgan fingerprint density at radius 3 is 2.42 bits per heavy atom. The first kappa shape index (κ1) is 31.5. The molecule has 3 rings (SSSR count). The van der Waals surface area contributed by atoms with Crippen LogP contribution >= 0.6 is 8.03 Å². The predicted octanol–water partition coefficient (Wildman–Crippen LogP) is 3.08. The fourth-order valence-corrected chi connectivity index (χ4v) is 4.31. The average molecular weight is 556 g/mol. The van der Waals surface area contributed by atoms with Crippen LogP contribution in [0.3, 0.4) is 0 Å². The summed E-state index contributed by atoms with van der Waals surface area (Å²) in [6, 6.07) is 0. The Balaban J connectivity index is 0.000000352. The predicted molar refractivity (Wildman–Crippen MR) is 141 cm³/mol. The van der Waals surface area contributed by atoms with Crippen LogP contribution in [0.4, 0.5) is 5.82 Å². The highest BCUT2D eigenvalue weighted by molar-refractivity contribution is 7.38. The summed E-state index contributed by atoms with van der Waals surface area (Å²) < 4.78 is 34.6. The molecule has 2 heterocycles. The Kier molecular flexibility index (Phi) is 12.0. The number of aromatic nitrogens is 4. The number of nitrogens with zero attached hydrogens (tertiary/aromatic N) is 4. The van der Waals surface area contributed by atoms with Crippen molar-refractivity contribution in [3.63, 3.8) is 0 Å². The molecule has 4 N–H and O–H groups in total. The highest BCUT2D eigenvalue weighted by Gasteiger charge is 2.30. The first-order valence-electron chi connectivity index (χ1n) is 12.6. The van der Waals surface area contributed by atoms with Crippen molar-refractivity contribution in [3.8, 4) is 0 Å². The molecule has 212 valence electrons. The van der Waals surface area contributed by atoms with Crippen molar-refractivity contribution in [3.05, 3.63) is 12.7 Å². The van der Waals surface area contributed by atoms with Gasteiger partial charge in [-0.3, -0.25) is 4.79 Å². The van der Waals surface area contributed by atoms with Gasteiger partial charge in [0.1, 0.15) is 23.5 Å². The Bertz CT molecular complexity index is 1080. The smallest absolute Gasteiger partial charge is 0.461 e. The molecular formula is C24H40N6O7P+. The van der Waals surface area contributed by atoms with Crippen LogP contribution in [0.2, 0.25) is 0 Å². The molecule has 3 atom stereocenters. The zero-order chi connectivity index (χ0) is 28.5. The van der Waals surface area contributed by atoms with E-state index in [2.05, 4.69) is 15.0 Å². The maximum Gasteiger partial charge on any atom is 0.537 e. The van der Waals surface area contributed by atoms with E-state index >= 15 is 0 Å². The number of fused-ring (bicyclic) bond motifs is 1. The zero-order valence-electron chi connectivity index (χ0n) is 23.0. The molecule has 0 amide bonds. The number of carbonyl (C=O) groups is 2. The first-order valence-corrected chi connectivity index (χ1v) is 14.0. The quantitative estimate of drug-likeness (QED) is 0.305. The Hall–Kier alpha value is -2.73. The standard InChI is InChI=1S/C15H23N5O5P.C9H17NO2/c1-9(2)24-15(21)11(4)25-26(22)8-23-10(3)5-20-7-19-12-13(16)17-6-18-14(12)20;1-9(2,10)8(11)12-7-5-3-4-6-7/h6-7,9-11H,5,8H2,1-4H3,(H2,16,17,18);7H,3-6,10H2,1-2H3/q+1;. The van der Waals surface area contributed by atoms with Gasteiger partial charge >= 0.3 is 20.0 Å². The molecule has 1 saturated carbocycles. The number of nitrogens with two attached hydrogens (primary N) is 2. The first-order chi connectivity index (χ1) is 17.8. The molecule has 13 nitrogen and oxygen atoms in total. The molecule has 2 aromatic rings. The number of rotatable bonds is 11. The zero-order valence-corrected chi connectivity index (χ0v) is 23.8. The minimum atomic E-state index is -2.16. The van der Waals surface area contributed by atoms with Crippen LogP contribution in [0, 0.1) is 0 Å². The molecule has 38 heavy (non-hydrogen) atoms. The minimum absolute atomic E-state index is 0.125. The van der Waals surface area contributed by atoms with Gasteiger partial charge in [-0.1, -0.05) is 0 Å². The summed E-state index contributed by atoms with van der Waals surface area (Å²) in [5, 5.41) is 0. The second-order valence-corrected chi connectivity index (χ2v) is 11.2. The summed E-state index contributed by atoms with van der Waals surface area (Å²) in [6.45, 7) is 10.5. The number of nitrogen functional groups attached to an aromatic ring is 1. The summed E-state index contributed by atoms with van der Waals surface area (Å²) in [5.74, 6) is -0.533. The lowest BCUT2D eigenvalue weighted by Crippen LogP contribution is -2.44. The van der Waals surface area contributed by atoms with Gasteiger partial charge in [-0.2, -0.15) is 0 Å². The number of esters is 2. The fourth-order valence-electron chi connectivity index (χ4n) is 3.44. The van der Waals surface area contributed by atoms with Crippen LogP contribution in [0.15, 0.2) is 12.7 Å². The monoisotopic (exact) mass is 555 g/mol. The Morgan fingerprint density at radius 2 is 1.82 bits per heavy atom. The number of anilines is 1. The highest BCUT2D eigenvalue weighted by Crippen LogP contribution is 2.26. The lowest BCUT2D eigenvalue weighted by Gasteiger charge is -2.20. The topological polar surface area (TPSA) is 184 Å². The lowest BCUT2D eigenvalue weighted by atomic mass is 10.1. The average Bonchev–Trinajstić information content (AvgIpc) is 3.48. The third kappa shape index (κ3) is 10.2. The molecule has 14 heteroatoms. The van der Waals surface area contributed by atoms with E-state index in [4.69, 9.17) is 30.2 Å². The number of hydrogen-bond donors (Lipinski definition) is 2. The van der Waals surface area contributed by atoms with Crippen LogP contribution in [-0.2, 0) is 39.4 Å². The van der Waals surface area contributed by atoms with Crippen molar-refractivity contribution in [2.24, 2.45) is 5.73 Å². The van der Waals surface area contributed by atoms with Crippen LogP contribution in [0.1, 0.15) is 67.2 Å². The van der Waals surface area contributed by atoms with E-state index in [-0.39, 0.29) is 30.6 Å². The summed E-state index contributed by atoms with van der Waals surface area (Å²) in [5.41, 5.74) is 11.6. The van der Waals surface area contributed by atoms with Crippen molar-refractivity contribution in [2.75, 3.05) is 12.1 Å². The van der Waals surface area contributed by atoms with E-state index in [0.29, 0.717) is 23.5 Å². The van der Waals surface area contributed by atoms with Crippen molar-refractivity contribution >= 4 is 36.9 Å². The molecule has 2 aromatic heterocycles. The SMILES string of the molecule is CC(C)(N)C(=O)OC1CCCC1.CC(C)OC(=O)C(C)O[P+](=O)COC(C)Cn1cnc2c(N)ncnc21. The third-order valence-electron chi connectivity index (χ3n) is 5.41. The molecule has 1 fully saturated rings. The summed E-state index contributed by atoms with van der Waals surface area (Å²) in [6.07, 6.45) is 5.82. The number of carbonyl (C=O) groups excluding carboxylic acids is 2. The molecular weight excluding hydrogens is 515 g/mol. The van der Waals surface area contributed by atoms with E-state index in [1.54, 1.807) is 38.6 Å². The molecule has 1 aliphatic rings. The summed E-state index contributed by atoms with van der Waals surface area (Å²) in [7, 11) is -2.16. The van der Waals surface area contributed by atoms with Gasteiger partial charge in [-0.25, -0.2) is 19.7 Å².